The summed E-state index contributed by atoms with van der Waals surface area (Å²) in [7, 11) is 1.64. The third kappa shape index (κ3) is 3.51. The molecule has 0 fully saturated rings. The van der Waals surface area contributed by atoms with Crippen LogP contribution < -0.4 is 5.73 Å². The molecule has 3 aromatic rings. The first-order chi connectivity index (χ1) is 13.9. The maximum atomic E-state index is 14.1. The van der Waals surface area contributed by atoms with E-state index >= 15 is 0 Å². The number of aromatic nitrogens is 2. The first-order valence-electron chi connectivity index (χ1n) is 9.14. The zero-order valence-electron chi connectivity index (χ0n) is 15.7. The third-order valence-corrected chi connectivity index (χ3v) is 5.21. The molecule has 0 radical (unpaired) electrons. The van der Waals surface area contributed by atoms with E-state index in [1.807, 2.05) is 0 Å². The van der Waals surface area contributed by atoms with Crippen LogP contribution >= 0.6 is 0 Å². The monoisotopic (exact) mass is 400 g/mol. The number of amides is 1. The van der Waals surface area contributed by atoms with E-state index in [4.69, 9.17) is 5.73 Å². The Morgan fingerprint density at radius 1 is 1.14 bits per heavy atom. The highest BCUT2D eigenvalue weighted by Crippen LogP contribution is 2.31. The second kappa shape index (κ2) is 7.36. The summed E-state index contributed by atoms with van der Waals surface area (Å²) >= 11 is 0. The van der Waals surface area contributed by atoms with Crippen molar-refractivity contribution in [2.24, 2.45) is 12.8 Å². The lowest BCUT2D eigenvalue weighted by Crippen LogP contribution is -2.42. The van der Waals surface area contributed by atoms with Crippen molar-refractivity contribution in [3.63, 3.8) is 0 Å². The predicted octanol–water partition coefficient (Wildman–Crippen LogP) is 3.03. The van der Waals surface area contributed by atoms with Crippen LogP contribution in [0.25, 0.3) is 11.3 Å². The summed E-state index contributed by atoms with van der Waals surface area (Å²) < 4.78 is 42.5. The van der Waals surface area contributed by atoms with Crippen LogP contribution in [-0.2, 0) is 20.0 Å². The normalized spacial score (nSPS) is 14.4. The second-order valence-corrected chi connectivity index (χ2v) is 7.14. The molecule has 1 aliphatic rings. The summed E-state index contributed by atoms with van der Waals surface area (Å²) in [6.45, 7) is 0.433. The van der Waals surface area contributed by atoms with Gasteiger partial charge in [0, 0.05) is 43.4 Å². The van der Waals surface area contributed by atoms with E-state index in [9.17, 15) is 18.0 Å². The Morgan fingerprint density at radius 2 is 1.86 bits per heavy atom. The summed E-state index contributed by atoms with van der Waals surface area (Å²) in [5.41, 5.74) is 8.52. The Labute approximate surface area is 165 Å². The van der Waals surface area contributed by atoms with Gasteiger partial charge < -0.3 is 10.6 Å². The molecule has 1 atom stereocenters. The molecule has 1 amide bonds. The van der Waals surface area contributed by atoms with Crippen molar-refractivity contribution in [2.75, 3.05) is 6.54 Å². The van der Waals surface area contributed by atoms with Crippen LogP contribution in [0.4, 0.5) is 13.2 Å². The summed E-state index contributed by atoms with van der Waals surface area (Å²) in [6.07, 6.45) is 1.37. The molecule has 1 aliphatic heterocycles. The minimum absolute atomic E-state index is 0.140. The van der Waals surface area contributed by atoms with Gasteiger partial charge in [0.15, 0.2) is 5.82 Å². The maximum absolute atomic E-state index is 14.1. The smallest absolute Gasteiger partial charge is 0.254 e. The number of rotatable bonds is 5. The van der Waals surface area contributed by atoms with Crippen LogP contribution in [0.1, 0.15) is 21.5 Å². The molecule has 2 N–H and O–H groups in total. The molecule has 2 aromatic carbocycles. The molecule has 2 heterocycles. The maximum Gasteiger partial charge on any atom is 0.254 e. The fraction of sp³-hybridized carbons (Fsp3) is 0.238. The van der Waals surface area contributed by atoms with E-state index in [0.29, 0.717) is 28.9 Å². The number of hydrogen-bond acceptors (Lipinski definition) is 3. The quantitative estimate of drug-likeness (QED) is 0.716. The Balaban J connectivity index is 1.61. The topological polar surface area (TPSA) is 64.2 Å². The van der Waals surface area contributed by atoms with Gasteiger partial charge in [-0.2, -0.15) is 5.10 Å². The molecule has 29 heavy (non-hydrogen) atoms. The summed E-state index contributed by atoms with van der Waals surface area (Å²) in [4.78, 5) is 14.5. The molecule has 4 rings (SSSR count). The number of halogens is 3. The molecule has 0 bridgehead atoms. The Hall–Kier alpha value is -3.13. The highest BCUT2D eigenvalue weighted by molar-refractivity contribution is 5.99. The molecule has 0 saturated heterocycles. The minimum atomic E-state index is -0.672. The Morgan fingerprint density at radius 3 is 2.48 bits per heavy atom. The Kier molecular flexibility index (Phi) is 4.87. The number of carbonyl (C=O) groups is 1. The molecule has 1 aromatic heterocycles. The number of nitrogens with two attached hydrogens (primary N) is 1. The summed E-state index contributed by atoms with van der Waals surface area (Å²) in [5, 5.41) is 3.91. The molecule has 150 valence electrons. The first-order valence-corrected chi connectivity index (χ1v) is 9.14. The van der Waals surface area contributed by atoms with E-state index in [-0.39, 0.29) is 18.9 Å². The number of aryl methyl sites for hydroxylation is 1. The molecule has 5 nitrogen and oxygen atoms in total. The lowest BCUT2D eigenvalue weighted by Gasteiger charge is -2.26. The number of fused-ring (bicyclic) bond motifs is 1. The van der Waals surface area contributed by atoms with Gasteiger partial charge in [-0.3, -0.25) is 9.48 Å². The van der Waals surface area contributed by atoms with Crippen LogP contribution in [-0.4, -0.2) is 33.2 Å². The van der Waals surface area contributed by atoms with E-state index in [1.165, 1.54) is 16.8 Å². The highest BCUT2D eigenvalue weighted by Gasteiger charge is 2.32. The fourth-order valence-electron chi connectivity index (χ4n) is 3.84. The lowest BCUT2D eigenvalue weighted by molar-refractivity contribution is 0.0708. The number of hydrogen-bond donors (Lipinski definition) is 1. The van der Waals surface area contributed by atoms with E-state index in [1.54, 1.807) is 30.1 Å². The third-order valence-electron chi connectivity index (χ3n) is 5.21. The van der Waals surface area contributed by atoms with E-state index in [0.717, 1.165) is 17.8 Å². The molecular formula is C21H19F3N4O. The summed E-state index contributed by atoms with van der Waals surface area (Å²) in [6, 6.07) is 7.97. The van der Waals surface area contributed by atoms with Gasteiger partial charge in [-0.05, 0) is 41.8 Å². The molecule has 8 heteroatoms. The van der Waals surface area contributed by atoms with Crippen molar-refractivity contribution >= 4 is 5.91 Å². The van der Waals surface area contributed by atoms with Crippen LogP contribution in [0.3, 0.4) is 0 Å². The highest BCUT2D eigenvalue weighted by atomic mass is 19.1. The van der Waals surface area contributed by atoms with Crippen molar-refractivity contribution in [2.45, 2.75) is 19.0 Å². The average Bonchev–Trinajstić information content (AvgIpc) is 3.17. The van der Waals surface area contributed by atoms with Gasteiger partial charge in [0.05, 0.1) is 6.20 Å². The zero-order valence-corrected chi connectivity index (χ0v) is 15.7. The van der Waals surface area contributed by atoms with Crippen molar-refractivity contribution in [1.82, 2.24) is 14.7 Å². The van der Waals surface area contributed by atoms with Crippen molar-refractivity contribution in [1.29, 1.82) is 0 Å². The average molecular weight is 400 g/mol. The fourth-order valence-corrected chi connectivity index (χ4v) is 3.84. The van der Waals surface area contributed by atoms with Crippen molar-refractivity contribution < 1.29 is 18.0 Å². The largest absolute Gasteiger partial charge is 0.330 e. The first kappa shape index (κ1) is 19.2. The molecule has 0 spiro atoms. The van der Waals surface area contributed by atoms with Crippen LogP contribution in [0.2, 0.25) is 0 Å². The molecule has 0 unspecified atom stereocenters. The van der Waals surface area contributed by atoms with Gasteiger partial charge in [-0.1, -0.05) is 6.07 Å². The zero-order chi connectivity index (χ0) is 20.7. The summed E-state index contributed by atoms with van der Waals surface area (Å²) in [5.74, 6) is -1.99. The van der Waals surface area contributed by atoms with E-state index < -0.39 is 23.5 Å². The van der Waals surface area contributed by atoms with Gasteiger partial charge >= 0.3 is 0 Å². The van der Waals surface area contributed by atoms with Gasteiger partial charge in [-0.15, -0.1) is 0 Å². The van der Waals surface area contributed by atoms with Gasteiger partial charge in [0.25, 0.3) is 5.91 Å². The molecule has 0 aliphatic carbocycles. The van der Waals surface area contributed by atoms with Gasteiger partial charge in [0.2, 0.25) is 0 Å². The predicted molar refractivity (Wildman–Crippen MR) is 101 cm³/mol. The number of carbonyl (C=O) groups excluding carboxylic acids is 1. The standard InChI is InChI=1S/C21H19F3N4O/c1-27-20(19(24)10-26-27)13-2-3-18-14(7-13)11-28(21(18)29)17(9-25)6-12-4-15(22)8-16(23)5-12/h2-5,7-8,10,17H,6,9,11,25H2,1H3/t17-/m0/s1. The van der Waals surface area contributed by atoms with Crippen molar-refractivity contribution in [3.05, 3.63) is 76.7 Å². The second-order valence-electron chi connectivity index (χ2n) is 7.14. The van der Waals surface area contributed by atoms with Gasteiger partial charge in [-0.25, -0.2) is 13.2 Å². The SMILES string of the molecule is Cn1ncc(F)c1-c1ccc2c(c1)CN([C@H](CN)Cc1cc(F)cc(F)c1)C2=O. The van der Waals surface area contributed by atoms with Crippen LogP contribution in [0, 0.1) is 17.5 Å². The van der Waals surface area contributed by atoms with Crippen LogP contribution in [0.15, 0.2) is 42.6 Å². The number of nitrogens with zero attached hydrogens (tertiary/aromatic N) is 3. The lowest BCUT2D eigenvalue weighted by atomic mass is 10.0. The molecule has 0 saturated carbocycles. The molecular weight excluding hydrogens is 381 g/mol. The van der Waals surface area contributed by atoms with Crippen LogP contribution in [0.5, 0.6) is 0 Å². The van der Waals surface area contributed by atoms with E-state index in [2.05, 4.69) is 5.10 Å². The Bertz CT molecular complexity index is 1060. The number of benzene rings is 2. The van der Waals surface area contributed by atoms with Gasteiger partial charge in [0.1, 0.15) is 17.3 Å². The minimum Gasteiger partial charge on any atom is -0.330 e. The van der Waals surface area contributed by atoms with Crippen molar-refractivity contribution in [3.8, 4) is 11.3 Å².